The van der Waals surface area contributed by atoms with Crippen molar-refractivity contribution in [1.29, 1.82) is 0 Å². The number of hydrogen-bond acceptors (Lipinski definition) is 3. The number of aryl methyl sites for hydroxylation is 2. The van der Waals surface area contributed by atoms with Gasteiger partial charge in [0.2, 0.25) is 5.91 Å². The van der Waals surface area contributed by atoms with Crippen molar-refractivity contribution in [2.75, 3.05) is 0 Å². The Labute approximate surface area is 137 Å². The Morgan fingerprint density at radius 1 is 1.04 bits per heavy atom. The lowest BCUT2D eigenvalue weighted by Crippen LogP contribution is -2.38. The molecule has 4 heteroatoms. The number of Topliss-reactive ketones (excluding diaryl/α,β-unsaturated/α-hetero) is 1. The number of aliphatic hydroxyl groups is 1. The van der Waals surface area contributed by atoms with E-state index in [4.69, 9.17) is 0 Å². The second-order valence-electron chi connectivity index (χ2n) is 6.83. The van der Waals surface area contributed by atoms with Crippen molar-refractivity contribution in [3.05, 3.63) is 34.9 Å². The van der Waals surface area contributed by atoms with Gasteiger partial charge in [0.15, 0.2) is 5.78 Å². The summed E-state index contributed by atoms with van der Waals surface area (Å²) in [6.45, 7) is 0. The van der Waals surface area contributed by atoms with Crippen molar-refractivity contribution in [3.8, 4) is 0 Å². The largest absolute Gasteiger partial charge is 0.393 e. The number of aliphatic hydroxyl groups excluding tert-OH is 1. The van der Waals surface area contributed by atoms with Gasteiger partial charge in [-0.2, -0.15) is 0 Å². The fraction of sp³-hybridized carbons (Fsp3) is 0.579. The number of nitrogens with one attached hydrogen (secondary N) is 1. The van der Waals surface area contributed by atoms with Gasteiger partial charge in [0.25, 0.3) is 0 Å². The van der Waals surface area contributed by atoms with Gasteiger partial charge in [0.1, 0.15) is 0 Å². The first kappa shape index (κ1) is 16.2. The van der Waals surface area contributed by atoms with E-state index in [1.807, 2.05) is 12.1 Å². The molecule has 2 N–H and O–H groups in total. The molecule has 4 nitrogen and oxygen atoms in total. The highest BCUT2D eigenvalue weighted by atomic mass is 16.3. The summed E-state index contributed by atoms with van der Waals surface area (Å²) in [7, 11) is 0. The minimum atomic E-state index is -0.218. The van der Waals surface area contributed by atoms with Crippen LogP contribution in [-0.2, 0) is 17.6 Å². The van der Waals surface area contributed by atoms with Crippen LogP contribution in [0.5, 0.6) is 0 Å². The summed E-state index contributed by atoms with van der Waals surface area (Å²) < 4.78 is 0. The quantitative estimate of drug-likeness (QED) is 0.821. The van der Waals surface area contributed by atoms with E-state index in [-0.39, 0.29) is 36.7 Å². The van der Waals surface area contributed by atoms with Crippen molar-refractivity contribution in [2.24, 2.45) is 0 Å². The number of amides is 1. The molecule has 0 atom stereocenters. The first-order chi connectivity index (χ1) is 11.1. The van der Waals surface area contributed by atoms with Crippen molar-refractivity contribution in [2.45, 2.75) is 69.9 Å². The number of fused-ring (bicyclic) bond motifs is 1. The van der Waals surface area contributed by atoms with E-state index in [0.29, 0.717) is 0 Å². The van der Waals surface area contributed by atoms with Crippen LogP contribution in [0.25, 0.3) is 0 Å². The van der Waals surface area contributed by atoms with Crippen LogP contribution >= 0.6 is 0 Å². The number of ketones is 1. The predicted molar refractivity (Wildman–Crippen MR) is 88.4 cm³/mol. The standard InChI is InChI=1S/C19H25NO3/c21-17-8-6-16(7-9-17)20-19(23)11-10-18(22)15-5-4-13-2-1-3-14(13)12-15/h4-5,12,16-17,21H,1-3,6-11H2,(H,20,23). The van der Waals surface area contributed by atoms with Gasteiger partial charge in [0, 0.05) is 24.4 Å². The van der Waals surface area contributed by atoms with Crippen LogP contribution in [0, 0.1) is 0 Å². The third-order valence-electron chi connectivity index (χ3n) is 5.06. The molecule has 0 heterocycles. The first-order valence-electron chi connectivity index (χ1n) is 8.74. The molecule has 0 radical (unpaired) electrons. The van der Waals surface area contributed by atoms with E-state index in [1.54, 1.807) is 0 Å². The molecule has 1 amide bonds. The van der Waals surface area contributed by atoms with Gasteiger partial charge < -0.3 is 10.4 Å². The molecule has 2 aliphatic carbocycles. The monoisotopic (exact) mass is 315 g/mol. The Balaban J connectivity index is 1.46. The summed E-state index contributed by atoms with van der Waals surface area (Å²) in [6, 6.07) is 6.11. The molecule has 1 aromatic carbocycles. The van der Waals surface area contributed by atoms with Crippen molar-refractivity contribution >= 4 is 11.7 Å². The molecule has 0 unspecified atom stereocenters. The molecular weight excluding hydrogens is 290 g/mol. The van der Waals surface area contributed by atoms with Crippen LogP contribution in [0.3, 0.4) is 0 Å². The zero-order chi connectivity index (χ0) is 16.2. The third kappa shape index (κ3) is 4.20. The highest BCUT2D eigenvalue weighted by Crippen LogP contribution is 2.23. The van der Waals surface area contributed by atoms with Gasteiger partial charge in [-0.25, -0.2) is 0 Å². The molecule has 2 aliphatic rings. The van der Waals surface area contributed by atoms with Crippen molar-refractivity contribution in [3.63, 3.8) is 0 Å². The Hall–Kier alpha value is -1.68. The lowest BCUT2D eigenvalue weighted by atomic mass is 9.93. The maximum Gasteiger partial charge on any atom is 0.220 e. The van der Waals surface area contributed by atoms with E-state index < -0.39 is 0 Å². The van der Waals surface area contributed by atoms with Crippen LogP contribution < -0.4 is 5.32 Å². The predicted octanol–water partition coefficient (Wildman–Crippen LogP) is 2.56. The van der Waals surface area contributed by atoms with Gasteiger partial charge >= 0.3 is 0 Å². The Kier molecular flexibility index (Phi) is 5.11. The summed E-state index contributed by atoms with van der Waals surface area (Å²) in [5, 5.41) is 12.5. The number of carbonyl (C=O) groups excluding carboxylic acids is 2. The summed E-state index contributed by atoms with van der Waals surface area (Å²) in [5.41, 5.74) is 3.39. The molecule has 0 spiro atoms. The lowest BCUT2D eigenvalue weighted by molar-refractivity contribution is -0.122. The summed E-state index contributed by atoms with van der Waals surface area (Å²) in [4.78, 5) is 24.3. The van der Waals surface area contributed by atoms with E-state index in [9.17, 15) is 14.7 Å². The molecule has 124 valence electrons. The van der Waals surface area contributed by atoms with Crippen LogP contribution in [-0.4, -0.2) is 28.9 Å². The highest BCUT2D eigenvalue weighted by molar-refractivity contribution is 5.98. The van der Waals surface area contributed by atoms with Crippen molar-refractivity contribution < 1.29 is 14.7 Å². The van der Waals surface area contributed by atoms with E-state index in [1.165, 1.54) is 17.5 Å². The highest BCUT2D eigenvalue weighted by Gasteiger charge is 2.21. The number of benzene rings is 1. The summed E-state index contributed by atoms with van der Waals surface area (Å²) >= 11 is 0. The molecule has 1 fully saturated rings. The average molecular weight is 315 g/mol. The number of rotatable bonds is 5. The second-order valence-corrected chi connectivity index (χ2v) is 6.83. The van der Waals surface area contributed by atoms with Gasteiger partial charge in [-0.1, -0.05) is 12.1 Å². The van der Waals surface area contributed by atoms with E-state index >= 15 is 0 Å². The van der Waals surface area contributed by atoms with Crippen LogP contribution in [0.4, 0.5) is 0 Å². The molecule has 23 heavy (non-hydrogen) atoms. The second kappa shape index (κ2) is 7.26. The minimum absolute atomic E-state index is 0.0499. The zero-order valence-corrected chi connectivity index (χ0v) is 13.5. The maximum atomic E-state index is 12.3. The molecule has 1 saturated carbocycles. The van der Waals surface area contributed by atoms with Gasteiger partial charge in [-0.15, -0.1) is 0 Å². The molecule has 0 bridgehead atoms. The Morgan fingerprint density at radius 2 is 1.78 bits per heavy atom. The fourth-order valence-electron chi connectivity index (χ4n) is 3.64. The molecule has 3 rings (SSSR count). The van der Waals surface area contributed by atoms with Gasteiger partial charge in [0.05, 0.1) is 6.10 Å². The van der Waals surface area contributed by atoms with Crippen LogP contribution in [0.15, 0.2) is 18.2 Å². The third-order valence-corrected chi connectivity index (χ3v) is 5.06. The molecule has 0 aromatic heterocycles. The molecule has 1 aromatic rings. The smallest absolute Gasteiger partial charge is 0.220 e. The number of hydrogen-bond donors (Lipinski definition) is 2. The minimum Gasteiger partial charge on any atom is -0.393 e. The molecule has 0 aliphatic heterocycles. The molecule has 0 saturated heterocycles. The Bertz CT molecular complexity index is 588. The lowest BCUT2D eigenvalue weighted by Gasteiger charge is -2.26. The fourth-order valence-corrected chi connectivity index (χ4v) is 3.64. The van der Waals surface area contributed by atoms with Gasteiger partial charge in [-0.05, 0) is 62.1 Å². The van der Waals surface area contributed by atoms with Gasteiger partial charge in [-0.3, -0.25) is 9.59 Å². The Morgan fingerprint density at radius 3 is 2.57 bits per heavy atom. The number of carbonyl (C=O) groups is 2. The maximum absolute atomic E-state index is 12.3. The van der Waals surface area contributed by atoms with E-state index in [0.717, 1.165) is 44.1 Å². The summed E-state index contributed by atoms with van der Waals surface area (Å²) in [5.74, 6) is -0.00480. The topological polar surface area (TPSA) is 66.4 Å². The van der Waals surface area contributed by atoms with Crippen LogP contribution in [0.1, 0.15) is 66.4 Å². The van der Waals surface area contributed by atoms with E-state index in [2.05, 4.69) is 11.4 Å². The molecular formula is C19H25NO3. The SMILES string of the molecule is O=C(CCC(=O)c1ccc2c(c1)CCC2)NC1CCC(O)CC1. The summed E-state index contributed by atoms with van der Waals surface area (Å²) in [6.07, 6.45) is 6.78. The van der Waals surface area contributed by atoms with Crippen LogP contribution in [0.2, 0.25) is 0 Å². The average Bonchev–Trinajstić information content (AvgIpc) is 3.02. The first-order valence-corrected chi connectivity index (χ1v) is 8.74. The van der Waals surface area contributed by atoms with Crippen molar-refractivity contribution in [1.82, 2.24) is 5.32 Å². The normalized spacial score (nSPS) is 23.3. The zero-order valence-electron chi connectivity index (χ0n) is 13.5.